The van der Waals surface area contributed by atoms with Crippen LogP contribution < -0.4 is 5.32 Å². The highest BCUT2D eigenvalue weighted by Crippen LogP contribution is 2.46. The van der Waals surface area contributed by atoms with Crippen molar-refractivity contribution in [1.82, 2.24) is 5.32 Å². The van der Waals surface area contributed by atoms with Crippen molar-refractivity contribution in [2.45, 2.75) is 50.2 Å². The summed E-state index contributed by atoms with van der Waals surface area (Å²) in [5.74, 6) is -5.59. The van der Waals surface area contributed by atoms with Crippen molar-refractivity contribution in [3.63, 3.8) is 0 Å². The van der Waals surface area contributed by atoms with E-state index in [1.54, 1.807) is 25.1 Å². The molecular weight excluding hydrogens is 417 g/mol. The molecule has 4 rings (SSSR count). The van der Waals surface area contributed by atoms with Crippen molar-refractivity contribution in [2.75, 3.05) is 0 Å². The fourth-order valence-corrected chi connectivity index (χ4v) is 4.66. The summed E-state index contributed by atoms with van der Waals surface area (Å²) < 4.78 is 66.0. The van der Waals surface area contributed by atoms with Crippen molar-refractivity contribution in [3.05, 3.63) is 59.2 Å². The summed E-state index contributed by atoms with van der Waals surface area (Å²) in [6, 6.07) is 8.35. The number of ketones is 1. The van der Waals surface area contributed by atoms with Crippen LogP contribution >= 0.6 is 0 Å². The highest BCUT2D eigenvalue weighted by Gasteiger charge is 2.56. The van der Waals surface area contributed by atoms with Gasteiger partial charge in [0.15, 0.2) is 17.4 Å². The standard InChI is InChI=1S/C23H20F5NO2/c1-12-2-3-13(14-4-5-17(24)18(25)11-14)10-16(12)19-20(30)22(29-21(19)31)8-6-15(7-9-22)23(26,27)28/h2-5,10-11,15,19H,6-9H2,1H3,(H,29,31). The Bertz CT molecular complexity index is 1050. The predicted molar refractivity (Wildman–Crippen MR) is 103 cm³/mol. The van der Waals surface area contributed by atoms with E-state index in [0.29, 0.717) is 22.3 Å². The Hall–Kier alpha value is -2.77. The quantitative estimate of drug-likeness (QED) is 0.518. The van der Waals surface area contributed by atoms with E-state index in [-0.39, 0.29) is 25.7 Å². The molecule has 3 nitrogen and oxygen atoms in total. The SMILES string of the molecule is Cc1ccc(-c2ccc(F)c(F)c2)cc1C1C(=O)NC2(CCC(C(F)(F)F)CC2)C1=O. The lowest BCUT2D eigenvalue weighted by molar-refractivity contribution is -0.185. The summed E-state index contributed by atoms with van der Waals surface area (Å²) >= 11 is 0. The third-order valence-corrected chi connectivity index (χ3v) is 6.50. The van der Waals surface area contributed by atoms with E-state index in [4.69, 9.17) is 0 Å². The van der Waals surface area contributed by atoms with Gasteiger partial charge in [-0.15, -0.1) is 0 Å². The third kappa shape index (κ3) is 3.72. The summed E-state index contributed by atoms with van der Waals surface area (Å²) in [7, 11) is 0. The first-order chi connectivity index (χ1) is 14.5. The smallest absolute Gasteiger partial charge is 0.343 e. The second-order valence-electron chi connectivity index (χ2n) is 8.38. The van der Waals surface area contributed by atoms with Crippen LogP contribution in [0.1, 0.15) is 42.7 Å². The zero-order chi connectivity index (χ0) is 22.6. The highest BCUT2D eigenvalue weighted by atomic mass is 19.4. The van der Waals surface area contributed by atoms with Gasteiger partial charge in [-0.25, -0.2) is 8.78 Å². The first-order valence-corrected chi connectivity index (χ1v) is 10.0. The van der Waals surface area contributed by atoms with E-state index in [1.165, 1.54) is 6.07 Å². The van der Waals surface area contributed by atoms with Crippen molar-refractivity contribution < 1.29 is 31.5 Å². The van der Waals surface area contributed by atoms with Crippen molar-refractivity contribution in [2.24, 2.45) is 5.92 Å². The molecular formula is C23H20F5NO2. The van der Waals surface area contributed by atoms with Crippen LogP contribution in [0.5, 0.6) is 0 Å². The fourth-order valence-electron chi connectivity index (χ4n) is 4.66. The number of hydrogen-bond donors (Lipinski definition) is 1. The Morgan fingerprint density at radius 3 is 2.16 bits per heavy atom. The topological polar surface area (TPSA) is 46.2 Å². The van der Waals surface area contributed by atoms with Crippen LogP contribution in [0.3, 0.4) is 0 Å². The number of carbonyl (C=O) groups is 2. The van der Waals surface area contributed by atoms with E-state index in [1.807, 2.05) is 0 Å². The van der Waals surface area contributed by atoms with Gasteiger partial charge in [-0.3, -0.25) is 9.59 Å². The van der Waals surface area contributed by atoms with Crippen molar-refractivity contribution in [3.8, 4) is 11.1 Å². The molecule has 2 aromatic carbocycles. The number of nitrogens with one attached hydrogen (secondary N) is 1. The molecule has 31 heavy (non-hydrogen) atoms. The summed E-state index contributed by atoms with van der Waals surface area (Å²) in [6.45, 7) is 1.72. The minimum Gasteiger partial charge on any atom is -0.343 e. The van der Waals surface area contributed by atoms with Gasteiger partial charge in [0.1, 0.15) is 5.92 Å². The molecule has 1 N–H and O–H groups in total. The van der Waals surface area contributed by atoms with E-state index in [9.17, 15) is 31.5 Å². The van der Waals surface area contributed by atoms with Crippen LogP contribution in [0.25, 0.3) is 11.1 Å². The first-order valence-electron chi connectivity index (χ1n) is 10.0. The second-order valence-corrected chi connectivity index (χ2v) is 8.38. The second kappa shape index (κ2) is 7.43. The van der Waals surface area contributed by atoms with Gasteiger partial charge >= 0.3 is 6.18 Å². The van der Waals surface area contributed by atoms with E-state index < -0.39 is 46.9 Å². The monoisotopic (exact) mass is 437 g/mol. The maximum absolute atomic E-state index is 13.7. The number of alkyl halides is 3. The number of benzene rings is 2. The highest BCUT2D eigenvalue weighted by molar-refractivity contribution is 6.17. The van der Waals surface area contributed by atoms with Crippen LogP contribution in [0.4, 0.5) is 22.0 Å². The molecule has 0 aromatic heterocycles. The Labute approximate surface area is 175 Å². The van der Waals surface area contributed by atoms with Crippen molar-refractivity contribution in [1.29, 1.82) is 0 Å². The molecule has 0 radical (unpaired) electrons. The van der Waals surface area contributed by atoms with Crippen LogP contribution in [0, 0.1) is 24.5 Å². The molecule has 0 bridgehead atoms. The van der Waals surface area contributed by atoms with Gasteiger partial charge < -0.3 is 5.32 Å². The number of carbonyl (C=O) groups excluding carboxylic acids is 2. The Morgan fingerprint density at radius 2 is 1.55 bits per heavy atom. The van der Waals surface area contributed by atoms with Crippen molar-refractivity contribution >= 4 is 11.7 Å². The van der Waals surface area contributed by atoms with Gasteiger partial charge in [-0.05, 0) is 73.1 Å². The molecule has 1 atom stereocenters. The molecule has 1 unspecified atom stereocenters. The molecule has 1 aliphatic heterocycles. The van der Waals surface area contributed by atoms with E-state index in [2.05, 4.69) is 5.32 Å². The molecule has 1 saturated carbocycles. The Balaban J connectivity index is 1.65. The minimum atomic E-state index is -4.32. The molecule has 2 aromatic rings. The normalized spacial score (nSPS) is 26.4. The number of rotatable bonds is 2. The zero-order valence-electron chi connectivity index (χ0n) is 16.7. The molecule has 164 valence electrons. The van der Waals surface area contributed by atoms with Crippen LogP contribution in [0.2, 0.25) is 0 Å². The fraction of sp³-hybridized carbons (Fsp3) is 0.391. The lowest BCUT2D eigenvalue weighted by Crippen LogP contribution is -2.50. The summed E-state index contributed by atoms with van der Waals surface area (Å²) in [5.41, 5.74) is 0.669. The summed E-state index contributed by atoms with van der Waals surface area (Å²) in [5, 5.41) is 2.68. The molecule has 8 heteroatoms. The zero-order valence-corrected chi connectivity index (χ0v) is 16.7. The maximum Gasteiger partial charge on any atom is 0.391 e. The number of aryl methyl sites for hydroxylation is 1. The molecule has 1 aliphatic carbocycles. The summed E-state index contributed by atoms with van der Waals surface area (Å²) in [6.07, 6.45) is -4.85. The Morgan fingerprint density at radius 1 is 0.935 bits per heavy atom. The number of Topliss-reactive ketones (excluding diaryl/α,β-unsaturated/α-hetero) is 1. The minimum absolute atomic E-state index is 0.0554. The average Bonchev–Trinajstić information content (AvgIpc) is 2.94. The third-order valence-electron chi connectivity index (χ3n) is 6.50. The van der Waals surface area contributed by atoms with E-state index >= 15 is 0 Å². The number of hydrogen-bond acceptors (Lipinski definition) is 2. The molecule has 2 aliphatic rings. The average molecular weight is 437 g/mol. The van der Waals surface area contributed by atoms with Gasteiger partial charge in [-0.1, -0.05) is 18.2 Å². The predicted octanol–water partition coefficient (Wildman–Crippen LogP) is 5.21. The largest absolute Gasteiger partial charge is 0.391 e. The van der Waals surface area contributed by atoms with Gasteiger partial charge in [0, 0.05) is 0 Å². The van der Waals surface area contributed by atoms with Crippen LogP contribution in [-0.4, -0.2) is 23.4 Å². The van der Waals surface area contributed by atoms with Crippen LogP contribution in [-0.2, 0) is 9.59 Å². The maximum atomic E-state index is 13.7. The molecule has 1 spiro atoms. The lowest BCUT2D eigenvalue weighted by atomic mass is 9.72. The first kappa shape index (κ1) is 21.5. The van der Waals surface area contributed by atoms with E-state index in [0.717, 1.165) is 12.1 Å². The molecule has 1 heterocycles. The molecule has 1 amide bonds. The molecule has 2 fully saturated rings. The summed E-state index contributed by atoms with van der Waals surface area (Å²) in [4.78, 5) is 26.0. The van der Waals surface area contributed by atoms with Crippen LogP contribution in [0.15, 0.2) is 36.4 Å². The number of amides is 1. The van der Waals surface area contributed by atoms with Gasteiger partial charge in [0.2, 0.25) is 5.91 Å². The molecule has 1 saturated heterocycles. The Kier molecular flexibility index (Phi) is 5.14. The van der Waals surface area contributed by atoms with Gasteiger partial charge in [-0.2, -0.15) is 13.2 Å². The lowest BCUT2D eigenvalue weighted by Gasteiger charge is -2.36. The van der Waals surface area contributed by atoms with Gasteiger partial charge in [0.05, 0.1) is 11.5 Å². The number of halogens is 5. The van der Waals surface area contributed by atoms with Gasteiger partial charge in [0.25, 0.3) is 0 Å².